The zero-order chi connectivity index (χ0) is 20.5. The number of benzene rings is 1. The molecule has 1 unspecified atom stereocenters. The van der Waals surface area contributed by atoms with Crippen molar-refractivity contribution in [3.63, 3.8) is 0 Å². The Labute approximate surface area is 169 Å². The van der Waals surface area contributed by atoms with Gasteiger partial charge >= 0.3 is 0 Å². The number of hydrogen-bond donors (Lipinski definition) is 4. The van der Waals surface area contributed by atoms with Gasteiger partial charge in [0.05, 0.1) is 18.0 Å². The lowest BCUT2D eigenvalue weighted by atomic mass is 9.97. The van der Waals surface area contributed by atoms with Crippen molar-refractivity contribution < 1.29 is 5.11 Å². The first-order valence-corrected chi connectivity index (χ1v) is 9.52. The summed E-state index contributed by atoms with van der Waals surface area (Å²) in [7, 11) is 1.87. The summed E-state index contributed by atoms with van der Waals surface area (Å²) < 4.78 is 1.83. The summed E-state index contributed by atoms with van der Waals surface area (Å²) in [6.45, 7) is 5.96. The molecule has 2 aromatic heterocycles. The predicted molar refractivity (Wildman–Crippen MR) is 113 cm³/mol. The van der Waals surface area contributed by atoms with E-state index >= 15 is 0 Å². The van der Waals surface area contributed by atoms with Gasteiger partial charge in [0.25, 0.3) is 0 Å². The smallest absolute Gasteiger partial charge is 0.227 e. The van der Waals surface area contributed by atoms with Crippen LogP contribution < -0.4 is 16.4 Å². The molecule has 3 aromatic rings. The Kier molecular flexibility index (Phi) is 5.62. The van der Waals surface area contributed by atoms with Crippen LogP contribution in [0, 0.1) is 0 Å². The number of nitrogens with two attached hydrogens (primary N) is 1. The van der Waals surface area contributed by atoms with Crippen LogP contribution in [0.4, 0.5) is 17.5 Å². The van der Waals surface area contributed by atoms with Crippen LogP contribution in [-0.2, 0) is 13.6 Å². The third kappa shape index (κ3) is 4.28. The Balaban J connectivity index is 1.93. The summed E-state index contributed by atoms with van der Waals surface area (Å²) in [6, 6.07) is 5.15. The Morgan fingerprint density at radius 1 is 1.32 bits per heavy atom. The van der Waals surface area contributed by atoms with Gasteiger partial charge in [-0.15, -0.1) is 0 Å². The maximum atomic E-state index is 10.4. The second-order valence-corrected chi connectivity index (χ2v) is 7.82. The maximum absolute atomic E-state index is 10.4. The van der Waals surface area contributed by atoms with E-state index in [1.165, 1.54) is 0 Å². The van der Waals surface area contributed by atoms with Gasteiger partial charge in [-0.3, -0.25) is 0 Å². The number of halogens is 1. The summed E-state index contributed by atoms with van der Waals surface area (Å²) in [5.41, 5.74) is 7.98. The third-order valence-electron chi connectivity index (χ3n) is 4.68. The fraction of sp³-hybridized carbons (Fsp3) is 0.421. The van der Waals surface area contributed by atoms with E-state index in [1.807, 2.05) is 24.6 Å². The molecule has 0 amide bonds. The highest BCUT2D eigenvalue weighted by Crippen LogP contribution is 2.24. The fourth-order valence-corrected chi connectivity index (χ4v) is 3.23. The van der Waals surface area contributed by atoms with Crippen LogP contribution in [0.3, 0.4) is 0 Å². The number of anilines is 3. The monoisotopic (exact) mass is 403 g/mol. The number of nitrogen functional groups attached to an aromatic ring is 1. The van der Waals surface area contributed by atoms with Crippen molar-refractivity contribution in [3.8, 4) is 0 Å². The van der Waals surface area contributed by atoms with Crippen LogP contribution >= 0.6 is 11.6 Å². The molecule has 150 valence electrons. The van der Waals surface area contributed by atoms with Crippen molar-refractivity contribution >= 4 is 40.2 Å². The van der Waals surface area contributed by atoms with Gasteiger partial charge in [-0.1, -0.05) is 18.5 Å². The van der Waals surface area contributed by atoms with E-state index < -0.39 is 5.60 Å². The van der Waals surface area contributed by atoms with Gasteiger partial charge in [0.1, 0.15) is 0 Å². The fourth-order valence-electron chi connectivity index (χ4n) is 3.04. The lowest BCUT2D eigenvalue weighted by Gasteiger charge is -2.29. The van der Waals surface area contributed by atoms with Gasteiger partial charge in [0.15, 0.2) is 17.0 Å². The molecular formula is C19H26ClN7O. The van der Waals surface area contributed by atoms with Gasteiger partial charge in [-0.2, -0.15) is 9.97 Å². The molecule has 0 bridgehead atoms. The Bertz CT molecular complexity index is 980. The van der Waals surface area contributed by atoms with E-state index in [1.54, 1.807) is 32.3 Å². The number of nitrogens with one attached hydrogen (secondary N) is 2. The van der Waals surface area contributed by atoms with Crippen LogP contribution in [0.15, 0.2) is 24.5 Å². The molecule has 0 aliphatic carbocycles. The van der Waals surface area contributed by atoms with Crippen molar-refractivity contribution in [3.05, 3.63) is 35.1 Å². The van der Waals surface area contributed by atoms with Crippen molar-refractivity contribution in [1.82, 2.24) is 19.5 Å². The highest BCUT2D eigenvalue weighted by atomic mass is 35.5. The maximum Gasteiger partial charge on any atom is 0.227 e. The summed E-state index contributed by atoms with van der Waals surface area (Å²) in [6.07, 6.45) is 2.41. The number of aliphatic hydroxyl groups is 1. The van der Waals surface area contributed by atoms with E-state index in [0.717, 1.165) is 12.0 Å². The molecule has 5 N–H and O–H groups in total. The van der Waals surface area contributed by atoms with Crippen LogP contribution in [-0.4, -0.2) is 36.3 Å². The zero-order valence-corrected chi connectivity index (χ0v) is 17.2. The molecule has 0 spiro atoms. The summed E-state index contributed by atoms with van der Waals surface area (Å²) in [4.78, 5) is 13.6. The molecule has 0 aliphatic rings. The van der Waals surface area contributed by atoms with Crippen LogP contribution in [0.2, 0.25) is 5.02 Å². The molecule has 2 heterocycles. The van der Waals surface area contributed by atoms with Crippen LogP contribution in [0.1, 0.15) is 32.8 Å². The number of aryl methyl sites for hydroxylation is 1. The number of nitrogens with zero attached hydrogens (tertiary/aromatic N) is 4. The van der Waals surface area contributed by atoms with E-state index in [-0.39, 0.29) is 6.04 Å². The largest absolute Gasteiger partial charge is 0.398 e. The third-order valence-corrected chi connectivity index (χ3v) is 4.91. The molecule has 8 nitrogen and oxygen atoms in total. The topological polar surface area (TPSA) is 114 Å². The minimum absolute atomic E-state index is 0.199. The molecule has 28 heavy (non-hydrogen) atoms. The van der Waals surface area contributed by atoms with E-state index in [2.05, 4.69) is 25.6 Å². The first-order valence-electron chi connectivity index (χ1n) is 9.14. The highest BCUT2D eigenvalue weighted by Gasteiger charge is 2.26. The molecule has 0 saturated carbocycles. The Hall–Kier alpha value is -2.58. The highest BCUT2D eigenvalue weighted by molar-refractivity contribution is 6.30. The second kappa shape index (κ2) is 7.81. The van der Waals surface area contributed by atoms with Crippen LogP contribution in [0.25, 0.3) is 11.2 Å². The Morgan fingerprint density at radius 2 is 2.07 bits per heavy atom. The minimum atomic E-state index is -0.914. The van der Waals surface area contributed by atoms with Crippen molar-refractivity contribution in [2.45, 2.75) is 45.4 Å². The lowest BCUT2D eigenvalue weighted by Crippen LogP contribution is -2.41. The summed E-state index contributed by atoms with van der Waals surface area (Å²) >= 11 is 6.08. The minimum Gasteiger partial charge on any atom is -0.398 e. The van der Waals surface area contributed by atoms with E-state index in [0.29, 0.717) is 40.2 Å². The molecule has 0 radical (unpaired) electrons. The molecule has 0 fully saturated rings. The van der Waals surface area contributed by atoms with Crippen molar-refractivity contribution in [2.75, 3.05) is 16.4 Å². The second-order valence-electron chi connectivity index (χ2n) is 7.38. The SMILES string of the molecule is CCC(Nc1nc(NCc2cc(Cl)ccc2N)c2ncn(C)c2n1)C(C)(C)O. The summed E-state index contributed by atoms with van der Waals surface area (Å²) in [5.74, 6) is 1.00. The summed E-state index contributed by atoms with van der Waals surface area (Å²) in [5, 5.41) is 17.5. The predicted octanol–water partition coefficient (Wildman–Crippen LogP) is 3.17. The number of hydrogen-bond acceptors (Lipinski definition) is 7. The first-order chi connectivity index (χ1) is 13.2. The molecule has 9 heteroatoms. The normalized spacial score (nSPS) is 12.9. The zero-order valence-electron chi connectivity index (χ0n) is 16.5. The van der Waals surface area contributed by atoms with Crippen molar-refractivity contribution in [1.29, 1.82) is 0 Å². The average molecular weight is 404 g/mol. The number of imidazole rings is 1. The standard InChI is InChI=1S/C19H26ClN7O/c1-5-14(19(2,3)28)24-18-25-16(15-17(26-18)27(4)10-23-15)22-9-11-8-12(20)6-7-13(11)21/h6-8,10,14,28H,5,9,21H2,1-4H3,(H2,22,24,25,26). The molecule has 0 aliphatic heterocycles. The first kappa shape index (κ1) is 20.2. The molecule has 0 saturated heterocycles. The van der Waals surface area contributed by atoms with Gasteiger partial charge in [0.2, 0.25) is 5.95 Å². The van der Waals surface area contributed by atoms with Gasteiger partial charge in [0, 0.05) is 24.3 Å². The molecule has 1 aromatic carbocycles. The van der Waals surface area contributed by atoms with Gasteiger partial charge in [-0.05, 0) is 44.0 Å². The quantitative estimate of drug-likeness (QED) is 0.448. The molecule has 3 rings (SSSR count). The average Bonchev–Trinajstić information content (AvgIpc) is 3.00. The van der Waals surface area contributed by atoms with Crippen LogP contribution in [0.5, 0.6) is 0 Å². The lowest BCUT2D eigenvalue weighted by molar-refractivity contribution is 0.0577. The molecular weight excluding hydrogens is 378 g/mol. The van der Waals surface area contributed by atoms with Gasteiger partial charge < -0.3 is 26.0 Å². The number of fused-ring (bicyclic) bond motifs is 1. The number of rotatable bonds is 7. The Morgan fingerprint density at radius 3 is 2.75 bits per heavy atom. The van der Waals surface area contributed by atoms with E-state index in [4.69, 9.17) is 17.3 Å². The van der Waals surface area contributed by atoms with Crippen molar-refractivity contribution in [2.24, 2.45) is 7.05 Å². The van der Waals surface area contributed by atoms with Gasteiger partial charge in [-0.25, -0.2) is 4.98 Å². The number of aromatic nitrogens is 4. The van der Waals surface area contributed by atoms with E-state index in [9.17, 15) is 5.11 Å². The molecule has 1 atom stereocenters.